The zero-order valence-electron chi connectivity index (χ0n) is 11.2. The standard InChI is InChI=1S/C16H17ClN2O/c17-12-5-3-10(4-6-12)14-15(19-20-16(14)18)13-8-9-1-2-11(13)7-9/h3-6,9,11,13H,1-2,7-8,18H2. The number of nitrogens with zero attached hydrogens (tertiary/aromatic N) is 1. The minimum absolute atomic E-state index is 0.421. The van der Waals surface area contributed by atoms with Crippen LogP contribution in [-0.4, -0.2) is 5.16 Å². The normalized spacial score (nSPS) is 28.1. The van der Waals surface area contributed by atoms with E-state index >= 15 is 0 Å². The second-order valence-electron chi connectivity index (χ2n) is 6.10. The van der Waals surface area contributed by atoms with Gasteiger partial charge in [0.15, 0.2) is 0 Å². The van der Waals surface area contributed by atoms with Crippen LogP contribution in [-0.2, 0) is 0 Å². The van der Waals surface area contributed by atoms with Crippen molar-refractivity contribution in [1.29, 1.82) is 0 Å². The average molecular weight is 289 g/mol. The molecule has 1 heterocycles. The van der Waals surface area contributed by atoms with Crippen molar-refractivity contribution >= 4 is 17.5 Å². The van der Waals surface area contributed by atoms with Gasteiger partial charge in [-0.15, -0.1) is 0 Å². The fraction of sp³-hybridized carbons (Fsp3) is 0.438. The van der Waals surface area contributed by atoms with E-state index in [0.717, 1.165) is 33.7 Å². The van der Waals surface area contributed by atoms with Crippen molar-refractivity contribution < 1.29 is 4.52 Å². The minimum Gasteiger partial charge on any atom is -0.367 e. The van der Waals surface area contributed by atoms with Gasteiger partial charge in [-0.3, -0.25) is 0 Å². The Bertz CT molecular complexity index is 634. The van der Waals surface area contributed by atoms with E-state index in [1.54, 1.807) is 0 Å². The molecule has 4 heteroatoms. The Balaban J connectivity index is 1.76. The summed E-state index contributed by atoms with van der Waals surface area (Å²) in [6.07, 6.45) is 5.28. The first-order chi connectivity index (χ1) is 9.72. The zero-order chi connectivity index (χ0) is 13.7. The summed E-state index contributed by atoms with van der Waals surface area (Å²) in [7, 11) is 0. The summed E-state index contributed by atoms with van der Waals surface area (Å²) >= 11 is 5.96. The third-order valence-electron chi connectivity index (χ3n) is 4.97. The molecule has 2 bridgehead atoms. The molecule has 0 aliphatic heterocycles. The van der Waals surface area contributed by atoms with Gasteiger partial charge in [0.05, 0.1) is 11.3 Å². The van der Waals surface area contributed by atoms with Gasteiger partial charge in [0.2, 0.25) is 5.88 Å². The van der Waals surface area contributed by atoms with Gasteiger partial charge >= 0.3 is 0 Å². The number of hydrogen-bond acceptors (Lipinski definition) is 3. The van der Waals surface area contributed by atoms with Crippen molar-refractivity contribution in [3.8, 4) is 11.1 Å². The molecule has 2 aromatic rings. The molecule has 4 rings (SSSR count). The molecule has 3 atom stereocenters. The first-order valence-corrected chi connectivity index (χ1v) is 7.61. The van der Waals surface area contributed by atoms with E-state index in [2.05, 4.69) is 5.16 Å². The summed E-state index contributed by atoms with van der Waals surface area (Å²) in [6.45, 7) is 0. The molecule has 0 amide bonds. The summed E-state index contributed by atoms with van der Waals surface area (Å²) in [6, 6.07) is 7.74. The first-order valence-electron chi connectivity index (χ1n) is 7.23. The molecule has 2 N–H and O–H groups in total. The van der Waals surface area contributed by atoms with Crippen LogP contribution in [0, 0.1) is 11.8 Å². The Labute approximate surface area is 123 Å². The highest BCUT2D eigenvalue weighted by molar-refractivity contribution is 6.30. The maximum absolute atomic E-state index is 6.02. The number of hydrogen-bond donors (Lipinski definition) is 1. The number of halogens is 1. The van der Waals surface area contributed by atoms with E-state index in [9.17, 15) is 0 Å². The molecular weight excluding hydrogens is 272 g/mol. The van der Waals surface area contributed by atoms with Gasteiger partial charge < -0.3 is 10.3 Å². The lowest BCUT2D eigenvalue weighted by molar-refractivity contribution is 0.375. The van der Waals surface area contributed by atoms with Crippen molar-refractivity contribution in [3.63, 3.8) is 0 Å². The number of benzene rings is 1. The van der Waals surface area contributed by atoms with Crippen molar-refractivity contribution in [2.24, 2.45) is 11.8 Å². The highest BCUT2D eigenvalue weighted by atomic mass is 35.5. The SMILES string of the molecule is Nc1onc(C2CC3CCC2C3)c1-c1ccc(Cl)cc1. The Morgan fingerprint density at radius 3 is 2.60 bits per heavy atom. The van der Waals surface area contributed by atoms with Gasteiger partial charge in [-0.25, -0.2) is 0 Å². The quantitative estimate of drug-likeness (QED) is 0.886. The smallest absolute Gasteiger partial charge is 0.230 e. The number of nitrogens with two attached hydrogens (primary N) is 1. The van der Waals surface area contributed by atoms with Crippen LogP contribution in [0.25, 0.3) is 11.1 Å². The van der Waals surface area contributed by atoms with Crippen LogP contribution in [0.3, 0.4) is 0 Å². The van der Waals surface area contributed by atoms with Gasteiger partial charge in [-0.2, -0.15) is 0 Å². The van der Waals surface area contributed by atoms with Crippen LogP contribution in [0.2, 0.25) is 5.02 Å². The minimum atomic E-state index is 0.421. The molecule has 2 fully saturated rings. The monoisotopic (exact) mass is 288 g/mol. The lowest BCUT2D eigenvalue weighted by atomic mass is 9.84. The maximum atomic E-state index is 6.02. The van der Waals surface area contributed by atoms with Crippen molar-refractivity contribution in [3.05, 3.63) is 35.0 Å². The molecule has 20 heavy (non-hydrogen) atoms. The summed E-state index contributed by atoms with van der Waals surface area (Å²) in [4.78, 5) is 0. The zero-order valence-corrected chi connectivity index (χ0v) is 11.9. The number of fused-ring (bicyclic) bond motifs is 2. The van der Waals surface area contributed by atoms with E-state index in [4.69, 9.17) is 21.9 Å². The largest absolute Gasteiger partial charge is 0.367 e. The molecular formula is C16H17ClN2O. The van der Waals surface area contributed by atoms with Crippen molar-refractivity contribution in [2.45, 2.75) is 31.6 Å². The molecule has 2 saturated carbocycles. The molecule has 2 aliphatic rings. The van der Waals surface area contributed by atoms with E-state index in [0.29, 0.717) is 11.8 Å². The first kappa shape index (κ1) is 12.3. The van der Waals surface area contributed by atoms with Crippen LogP contribution >= 0.6 is 11.6 Å². The summed E-state index contributed by atoms with van der Waals surface area (Å²) in [5.74, 6) is 2.57. The van der Waals surface area contributed by atoms with E-state index in [1.807, 2.05) is 24.3 Å². The predicted octanol–water partition coefficient (Wildman–Crippen LogP) is 4.48. The number of rotatable bonds is 2. The maximum Gasteiger partial charge on any atom is 0.230 e. The topological polar surface area (TPSA) is 52.0 Å². The second-order valence-corrected chi connectivity index (χ2v) is 6.53. The van der Waals surface area contributed by atoms with Crippen molar-refractivity contribution in [2.75, 3.05) is 5.73 Å². The Morgan fingerprint density at radius 1 is 1.15 bits per heavy atom. The Kier molecular flexibility index (Phi) is 2.77. The third-order valence-corrected chi connectivity index (χ3v) is 5.22. The van der Waals surface area contributed by atoms with Crippen LogP contribution in [0.1, 0.15) is 37.3 Å². The second kappa shape index (κ2) is 4.52. The van der Waals surface area contributed by atoms with Crippen LogP contribution in [0.15, 0.2) is 28.8 Å². The molecule has 0 spiro atoms. The predicted molar refractivity (Wildman–Crippen MR) is 79.6 cm³/mol. The van der Waals surface area contributed by atoms with Gasteiger partial charge in [0.1, 0.15) is 0 Å². The Hall–Kier alpha value is -1.48. The molecule has 0 radical (unpaired) electrons. The molecule has 3 unspecified atom stereocenters. The van der Waals surface area contributed by atoms with Crippen LogP contribution < -0.4 is 5.73 Å². The van der Waals surface area contributed by atoms with E-state index in [1.165, 1.54) is 25.7 Å². The van der Waals surface area contributed by atoms with Gasteiger partial charge in [0.25, 0.3) is 0 Å². The molecule has 3 nitrogen and oxygen atoms in total. The third kappa shape index (κ3) is 1.84. The molecule has 104 valence electrons. The lowest BCUT2D eigenvalue weighted by Gasteiger charge is -2.20. The fourth-order valence-electron chi connectivity index (χ4n) is 4.06. The summed E-state index contributed by atoms with van der Waals surface area (Å²) < 4.78 is 5.30. The number of anilines is 1. The number of aromatic nitrogens is 1. The summed E-state index contributed by atoms with van der Waals surface area (Å²) in [5.41, 5.74) is 9.09. The molecule has 1 aromatic carbocycles. The van der Waals surface area contributed by atoms with E-state index < -0.39 is 0 Å². The van der Waals surface area contributed by atoms with Crippen LogP contribution in [0.5, 0.6) is 0 Å². The van der Waals surface area contributed by atoms with Gasteiger partial charge in [-0.1, -0.05) is 35.3 Å². The average Bonchev–Trinajstić information content (AvgIpc) is 3.14. The fourth-order valence-corrected chi connectivity index (χ4v) is 4.18. The Morgan fingerprint density at radius 2 is 1.95 bits per heavy atom. The molecule has 0 saturated heterocycles. The lowest BCUT2D eigenvalue weighted by Crippen LogP contribution is -2.10. The highest BCUT2D eigenvalue weighted by Crippen LogP contribution is 2.54. The number of nitrogen functional groups attached to an aromatic ring is 1. The molecule has 2 aliphatic carbocycles. The highest BCUT2D eigenvalue weighted by Gasteiger charge is 2.42. The molecule has 1 aromatic heterocycles. The van der Waals surface area contributed by atoms with Crippen LogP contribution in [0.4, 0.5) is 5.88 Å². The van der Waals surface area contributed by atoms with Gasteiger partial charge in [-0.05, 0) is 48.8 Å². The van der Waals surface area contributed by atoms with E-state index in [-0.39, 0.29) is 0 Å². The summed E-state index contributed by atoms with van der Waals surface area (Å²) in [5, 5.41) is 5.01. The van der Waals surface area contributed by atoms with Crippen molar-refractivity contribution in [1.82, 2.24) is 5.16 Å². The van der Waals surface area contributed by atoms with Gasteiger partial charge in [0, 0.05) is 10.9 Å².